The third-order valence-electron chi connectivity index (χ3n) is 5.52. The van der Waals surface area contributed by atoms with Gasteiger partial charge in [-0.3, -0.25) is 4.31 Å². The van der Waals surface area contributed by atoms with Crippen molar-refractivity contribution in [2.45, 2.75) is 37.1 Å². The van der Waals surface area contributed by atoms with Crippen LogP contribution in [0.25, 0.3) is 0 Å². The summed E-state index contributed by atoms with van der Waals surface area (Å²) in [5.41, 5.74) is 0.186. The third kappa shape index (κ3) is 7.15. The van der Waals surface area contributed by atoms with Crippen molar-refractivity contribution in [2.24, 2.45) is 0 Å². The van der Waals surface area contributed by atoms with Gasteiger partial charge in [-0.2, -0.15) is 0 Å². The monoisotopic (exact) mass is 547 g/mol. The number of carbonyl (C=O) groups is 1. The van der Waals surface area contributed by atoms with E-state index in [-0.39, 0.29) is 22.2 Å². The van der Waals surface area contributed by atoms with Gasteiger partial charge in [-0.05, 0) is 75.3 Å². The topological polar surface area (TPSA) is 79.0 Å². The molecule has 7 nitrogen and oxygen atoms in total. The lowest BCUT2D eigenvalue weighted by Crippen LogP contribution is -2.43. The fourth-order valence-electron chi connectivity index (χ4n) is 3.79. The van der Waals surface area contributed by atoms with E-state index in [1.807, 2.05) is 0 Å². The number of hydrogen-bond acceptors (Lipinski definition) is 5. The Morgan fingerprint density at radius 1 is 1.06 bits per heavy atom. The van der Waals surface area contributed by atoms with Gasteiger partial charge in [0.05, 0.1) is 21.6 Å². The summed E-state index contributed by atoms with van der Waals surface area (Å²) in [6.07, 6.45) is 2.98. The first kappa shape index (κ1) is 26.9. The van der Waals surface area contributed by atoms with Crippen LogP contribution >= 0.6 is 34.8 Å². The Morgan fingerprint density at radius 2 is 1.71 bits per heavy atom. The molecule has 1 atom stereocenters. The van der Waals surface area contributed by atoms with Gasteiger partial charge in [0.15, 0.2) is 0 Å². The first-order chi connectivity index (χ1) is 16.2. The van der Waals surface area contributed by atoms with Gasteiger partial charge in [0, 0.05) is 23.1 Å². The fraction of sp³-hybridized carbons (Fsp3) is 0.435. The third-order valence-corrected chi connectivity index (χ3v) is 8.27. The molecule has 11 heteroatoms. The highest BCUT2D eigenvalue weighted by Crippen LogP contribution is 2.35. The van der Waals surface area contributed by atoms with Crippen molar-refractivity contribution < 1.29 is 17.9 Å². The van der Waals surface area contributed by atoms with Crippen molar-refractivity contribution in [3.05, 3.63) is 57.5 Å². The zero-order valence-electron chi connectivity index (χ0n) is 18.8. The molecule has 0 radical (unpaired) electrons. The molecule has 34 heavy (non-hydrogen) atoms. The number of ether oxygens (including phenoxy) is 1. The minimum Gasteiger partial charge on any atom is -0.447 e. The maximum atomic E-state index is 13.6. The molecule has 1 fully saturated rings. The van der Waals surface area contributed by atoms with Crippen LogP contribution in [0.4, 0.5) is 10.5 Å². The minimum atomic E-state index is -4.08. The molecule has 1 heterocycles. The smallest absolute Gasteiger partial charge is 0.407 e. The molecule has 1 aliphatic heterocycles. The number of nitrogens with one attached hydrogen (secondary N) is 1. The van der Waals surface area contributed by atoms with E-state index < -0.39 is 22.2 Å². The molecule has 3 rings (SSSR count). The van der Waals surface area contributed by atoms with E-state index in [2.05, 4.69) is 10.2 Å². The Kier molecular flexibility index (Phi) is 9.74. The number of nitrogens with zero attached hydrogens (tertiary/aromatic N) is 2. The minimum absolute atomic E-state index is 0.0192. The number of rotatable bonds is 9. The van der Waals surface area contributed by atoms with Crippen molar-refractivity contribution in [1.82, 2.24) is 10.2 Å². The van der Waals surface area contributed by atoms with E-state index in [0.29, 0.717) is 16.6 Å². The van der Waals surface area contributed by atoms with Crippen molar-refractivity contribution in [3.63, 3.8) is 0 Å². The van der Waals surface area contributed by atoms with E-state index >= 15 is 0 Å². The van der Waals surface area contributed by atoms with Gasteiger partial charge in [0.25, 0.3) is 10.0 Å². The second kappa shape index (κ2) is 12.3. The van der Waals surface area contributed by atoms with E-state index in [1.165, 1.54) is 55.7 Å². The van der Waals surface area contributed by atoms with Crippen LogP contribution in [0.2, 0.25) is 15.1 Å². The Balaban J connectivity index is 1.72. The van der Waals surface area contributed by atoms with Gasteiger partial charge in [0.1, 0.15) is 6.61 Å². The Bertz CT molecular complexity index is 1080. The molecular weight excluding hydrogens is 521 g/mol. The molecule has 0 aliphatic carbocycles. The van der Waals surface area contributed by atoms with Gasteiger partial charge >= 0.3 is 6.09 Å². The summed E-state index contributed by atoms with van der Waals surface area (Å²) in [6.45, 7) is 4.72. The first-order valence-electron chi connectivity index (χ1n) is 11.1. The summed E-state index contributed by atoms with van der Waals surface area (Å²) >= 11 is 18.4. The first-order valence-corrected chi connectivity index (χ1v) is 13.6. The summed E-state index contributed by atoms with van der Waals surface area (Å²) in [4.78, 5) is 14.6. The molecule has 1 saturated heterocycles. The van der Waals surface area contributed by atoms with Crippen molar-refractivity contribution >= 4 is 56.6 Å². The van der Waals surface area contributed by atoms with Crippen LogP contribution in [0.3, 0.4) is 0 Å². The van der Waals surface area contributed by atoms with Crippen LogP contribution in [-0.2, 0) is 14.8 Å². The van der Waals surface area contributed by atoms with Gasteiger partial charge in [-0.25, -0.2) is 13.2 Å². The van der Waals surface area contributed by atoms with Crippen LogP contribution < -0.4 is 9.62 Å². The number of alkyl carbamates (subject to hydrolysis) is 1. The second-order valence-electron chi connectivity index (χ2n) is 8.13. The molecule has 0 spiro atoms. The zero-order valence-corrected chi connectivity index (χ0v) is 21.9. The summed E-state index contributed by atoms with van der Waals surface area (Å²) in [7, 11) is -4.08. The molecular formula is C23H28Cl3N3O4S. The molecule has 1 amide bonds. The Labute approximate surface area is 216 Å². The second-order valence-corrected chi connectivity index (χ2v) is 11.2. The highest BCUT2D eigenvalue weighted by molar-refractivity contribution is 7.92. The van der Waals surface area contributed by atoms with Crippen LogP contribution in [0.5, 0.6) is 0 Å². The zero-order chi connectivity index (χ0) is 24.7. The number of carbonyl (C=O) groups excluding carboxylic acids is 1. The van der Waals surface area contributed by atoms with E-state index in [1.54, 1.807) is 13.0 Å². The number of likely N-dealkylation sites (tertiary alicyclic amines) is 1. The quantitative estimate of drug-likeness (QED) is 0.451. The van der Waals surface area contributed by atoms with Crippen LogP contribution in [-0.4, -0.2) is 58.2 Å². The van der Waals surface area contributed by atoms with Crippen LogP contribution in [0, 0.1) is 0 Å². The van der Waals surface area contributed by atoms with Gasteiger partial charge in [-0.15, -0.1) is 0 Å². The predicted molar refractivity (Wildman–Crippen MR) is 137 cm³/mol. The molecule has 1 aliphatic rings. The van der Waals surface area contributed by atoms with Gasteiger partial charge < -0.3 is 15.0 Å². The molecule has 186 valence electrons. The van der Waals surface area contributed by atoms with Crippen LogP contribution in [0.1, 0.15) is 26.2 Å². The number of piperidine rings is 1. The Hall–Kier alpha value is -1.71. The summed E-state index contributed by atoms with van der Waals surface area (Å²) in [5.74, 6) is 0. The summed E-state index contributed by atoms with van der Waals surface area (Å²) in [5, 5.41) is 3.65. The molecule has 2 aromatic carbocycles. The van der Waals surface area contributed by atoms with Crippen molar-refractivity contribution in [3.8, 4) is 0 Å². The van der Waals surface area contributed by atoms with Crippen LogP contribution in [0.15, 0.2) is 47.4 Å². The number of hydrogen-bond donors (Lipinski definition) is 1. The lowest BCUT2D eigenvalue weighted by Gasteiger charge is -2.31. The van der Waals surface area contributed by atoms with Gasteiger partial charge in [-0.1, -0.05) is 41.2 Å². The summed E-state index contributed by atoms with van der Waals surface area (Å²) in [6, 6.07) is 9.57. The lowest BCUT2D eigenvalue weighted by atomic mass is 10.1. The summed E-state index contributed by atoms with van der Waals surface area (Å²) < 4.78 is 33.6. The number of anilines is 1. The molecule has 2 aromatic rings. The average Bonchev–Trinajstić information content (AvgIpc) is 2.81. The number of halogens is 3. The Morgan fingerprint density at radius 3 is 2.38 bits per heavy atom. The molecule has 0 saturated carbocycles. The van der Waals surface area contributed by atoms with Gasteiger partial charge in [0.2, 0.25) is 0 Å². The van der Waals surface area contributed by atoms with Crippen molar-refractivity contribution in [2.75, 3.05) is 37.1 Å². The van der Waals surface area contributed by atoms with Crippen molar-refractivity contribution in [1.29, 1.82) is 0 Å². The molecule has 0 unspecified atom stereocenters. The largest absolute Gasteiger partial charge is 0.447 e. The molecule has 1 N–H and O–H groups in total. The predicted octanol–water partition coefficient (Wildman–Crippen LogP) is 5.44. The maximum absolute atomic E-state index is 13.6. The number of benzene rings is 2. The molecule has 0 bridgehead atoms. The lowest BCUT2D eigenvalue weighted by molar-refractivity contribution is 0.139. The fourth-order valence-corrected chi connectivity index (χ4v) is 6.00. The van der Waals surface area contributed by atoms with E-state index in [9.17, 15) is 13.2 Å². The standard InChI is InChI=1S/C23H28Cl3N3O4S/c1-17(16-33-23(30)27-11-14-28-12-3-2-4-13-28)29(22-15-19(25)7-10-21(22)26)34(31,32)20-8-5-18(24)6-9-20/h5-10,15,17H,2-4,11-14,16H2,1H3,(H,27,30)/t17-/m1/s1. The highest BCUT2D eigenvalue weighted by atomic mass is 35.5. The van der Waals surface area contributed by atoms with E-state index in [4.69, 9.17) is 39.5 Å². The maximum Gasteiger partial charge on any atom is 0.407 e. The highest BCUT2D eigenvalue weighted by Gasteiger charge is 2.32. The molecule has 0 aromatic heterocycles. The SMILES string of the molecule is C[C@H](COC(=O)NCCN1CCCCC1)N(c1cc(Cl)ccc1Cl)S(=O)(=O)c1ccc(Cl)cc1. The van der Waals surface area contributed by atoms with E-state index in [0.717, 1.165) is 23.9 Å². The average molecular weight is 549 g/mol. The number of amides is 1. The number of sulfonamides is 1. The normalized spacial score (nSPS) is 15.5.